The number of para-hydroxylation sites is 1. The van der Waals surface area contributed by atoms with Crippen molar-refractivity contribution < 1.29 is 4.74 Å². The van der Waals surface area contributed by atoms with Crippen molar-refractivity contribution in [3.63, 3.8) is 0 Å². The second kappa shape index (κ2) is 7.29. The zero-order chi connectivity index (χ0) is 20.5. The van der Waals surface area contributed by atoms with Crippen LogP contribution < -0.4 is 10.5 Å². The Labute approximate surface area is 172 Å². The fraction of sp³-hybridized carbons (Fsp3) is 0.0435. The third-order valence-electron chi connectivity index (χ3n) is 4.94. The summed E-state index contributed by atoms with van der Waals surface area (Å²) in [6.45, 7) is 0. The number of rotatable bonds is 4. The zero-order valence-corrected chi connectivity index (χ0v) is 16.2. The van der Waals surface area contributed by atoms with Gasteiger partial charge in [-0.3, -0.25) is 9.97 Å². The first-order valence-corrected chi connectivity index (χ1v) is 9.39. The molecule has 7 nitrogen and oxygen atoms in total. The monoisotopic (exact) mass is 394 g/mol. The fourth-order valence-corrected chi connectivity index (χ4v) is 3.48. The number of pyridine rings is 3. The Balaban J connectivity index is 1.75. The molecule has 0 fully saturated rings. The number of nitrogens with two attached hydrogens (primary N) is 1. The number of fused-ring (bicyclic) bond motifs is 1. The number of nitrogens with zero attached hydrogens (tertiary/aromatic N) is 4. The molecule has 146 valence electrons. The minimum atomic E-state index is 0.338. The number of anilines is 1. The Morgan fingerprint density at radius 2 is 1.77 bits per heavy atom. The molecule has 4 heterocycles. The fourth-order valence-electron chi connectivity index (χ4n) is 3.48. The molecule has 0 radical (unpaired) electrons. The number of nitrogen functional groups attached to an aromatic ring is 1. The number of aromatic nitrogens is 5. The standard InChI is InChI=1S/C23H18N6O/c1-30-18-12-16(13-27-22(18)24)21-20(15-7-10-25-11-8-15)28-23(29-21)17-6-2-4-14-5-3-9-26-19(14)17/h2-13H,1H3,(H2,24,27)(H,28,29). The quantitative estimate of drug-likeness (QED) is 0.470. The minimum absolute atomic E-state index is 0.338. The van der Waals surface area contributed by atoms with E-state index in [0.717, 1.165) is 44.8 Å². The number of benzene rings is 1. The van der Waals surface area contributed by atoms with E-state index in [4.69, 9.17) is 15.5 Å². The molecule has 0 unspecified atom stereocenters. The number of ether oxygens (including phenoxy) is 1. The first kappa shape index (κ1) is 17.8. The maximum Gasteiger partial charge on any atom is 0.166 e. The SMILES string of the molecule is COc1cc(-c2[nH]c(-c3cccc4cccnc34)nc2-c2ccncc2)cnc1N. The lowest BCUT2D eigenvalue weighted by Crippen LogP contribution is -1.96. The predicted molar refractivity (Wildman–Crippen MR) is 117 cm³/mol. The van der Waals surface area contributed by atoms with Gasteiger partial charge in [-0.1, -0.05) is 18.2 Å². The first-order chi connectivity index (χ1) is 14.7. The van der Waals surface area contributed by atoms with Gasteiger partial charge in [-0.25, -0.2) is 9.97 Å². The molecule has 4 aromatic heterocycles. The number of methoxy groups -OCH3 is 1. The molecule has 5 aromatic rings. The maximum absolute atomic E-state index is 5.91. The molecule has 1 aromatic carbocycles. The molecule has 0 aliphatic rings. The summed E-state index contributed by atoms with van der Waals surface area (Å²) in [6, 6.07) is 15.7. The average Bonchev–Trinajstić information content (AvgIpc) is 3.25. The van der Waals surface area contributed by atoms with E-state index in [1.165, 1.54) is 0 Å². The summed E-state index contributed by atoms with van der Waals surface area (Å²) in [5, 5.41) is 1.05. The molecule has 0 bridgehead atoms. The summed E-state index contributed by atoms with van der Waals surface area (Å²) in [5.41, 5.74) is 11.1. The largest absolute Gasteiger partial charge is 0.493 e. The van der Waals surface area contributed by atoms with Crippen molar-refractivity contribution in [1.82, 2.24) is 24.9 Å². The van der Waals surface area contributed by atoms with Crippen LogP contribution in [-0.4, -0.2) is 32.0 Å². The summed E-state index contributed by atoms with van der Waals surface area (Å²) < 4.78 is 5.36. The van der Waals surface area contributed by atoms with Gasteiger partial charge in [0.2, 0.25) is 0 Å². The second-order valence-electron chi connectivity index (χ2n) is 6.74. The topological polar surface area (TPSA) is 103 Å². The molecule has 30 heavy (non-hydrogen) atoms. The summed E-state index contributed by atoms with van der Waals surface area (Å²) in [7, 11) is 1.57. The van der Waals surface area contributed by atoms with Crippen molar-refractivity contribution in [2.45, 2.75) is 0 Å². The highest BCUT2D eigenvalue weighted by atomic mass is 16.5. The van der Waals surface area contributed by atoms with Gasteiger partial charge in [0.25, 0.3) is 0 Å². The van der Waals surface area contributed by atoms with Gasteiger partial charge in [0.15, 0.2) is 11.6 Å². The average molecular weight is 394 g/mol. The Morgan fingerprint density at radius 1 is 0.933 bits per heavy atom. The smallest absolute Gasteiger partial charge is 0.166 e. The lowest BCUT2D eigenvalue weighted by Gasteiger charge is -2.07. The van der Waals surface area contributed by atoms with Crippen molar-refractivity contribution in [3.8, 4) is 39.7 Å². The Morgan fingerprint density at radius 3 is 2.60 bits per heavy atom. The predicted octanol–water partition coefficient (Wildman–Crippen LogP) is 4.34. The van der Waals surface area contributed by atoms with E-state index in [1.54, 1.807) is 31.9 Å². The molecule has 0 aliphatic heterocycles. The highest BCUT2D eigenvalue weighted by Gasteiger charge is 2.18. The van der Waals surface area contributed by atoms with E-state index in [9.17, 15) is 0 Å². The van der Waals surface area contributed by atoms with Crippen LogP contribution in [0.2, 0.25) is 0 Å². The third kappa shape index (κ3) is 3.02. The van der Waals surface area contributed by atoms with E-state index in [1.807, 2.05) is 48.5 Å². The summed E-state index contributed by atoms with van der Waals surface area (Å²) in [4.78, 5) is 21.4. The highest BCUT2D eigenvalue weighted by molar-refractivity contribution is 5.93. The molecule has 0 amide bonds. The van der Waals surface area contributed by atoms with E-state index in [-0.39, 0.29) is 0 Å². The van der Waals surface area contributed by atoms with Crippen LogP contribution in [0.15, 0.2) is 73.3 Å². The summed E-state index contributed by atoms with van der Waals surface area (Å²) >= 11 is 0. The van der Waals surface area contributed by atoms with Crippen molar-refractivity contribution in [2.75, 3.05) is 12.8 Å². The number of H-pyrrole nitrogens is 1. The van der Waals surface area contributed by atoms with Crippen molar-refractivity contribution in [2.24, 2.45) is 0 Å². The van der Waals surface area contributed by atoms with Gasteiger partial charge in [0.1, 0.15) is 5.82 Å². The summed E-state index contributed by atoms with van der Waals surface area (Å²) in [6.07, 6.45) is 6.99. The molecule has 0 saturated heterocycles. The zero-order valence-electron chi connectivity index (χ0n) is 16.2. The van der Waals surface area contributed by atoms with Crippen LogP contribution in [-0.2, 0) is 0 Å². The van der Waals surface area contributed by atoms with Crippen molar-refractivity contribution in [1.29, 1.82) is 0 Å². The maximum atomic E-state index is 5.91. The van der Waals surface area contributed by atoms with Gasteiger partial charge in [-0.2, -0.15) is 0 Å². The number of nitrogens with one attached hydrogen (secondary N) is 1. The lowest BCUT2D eigenvalue weighted by molar-refractivity contribution is 0.415. The van der Waals surface area contributed by atoms with Gasteiger partial charge in [-0.15, -0.1) is 0 Å². The molecule has 7 heteroatoms. The summed E-state index contributed by atoms with van der Waals surface area (Å²) in [5.74, 6) is 1.57. The number of imidazole rings is 1. The molecular weight excluding hydrogens is 376 g/mol. The molecule has 0 aliphatic carbocycles. The second-order valence-corrected chi connectivity index (χ2v) is 6.74. The van der Waals surface area contributed by atoms with E-state index >= 15 is 0 Å². The minimum Gasteiger partial charge on any atom is -0.493 e. The van der Waals surface area contributed by atoms with Crippen LogP contribution in [0.1, 0.15) is 0 Å². The van der Waals surface area contributed by atoms with Crippen LogP contribution in [0, 0.1) is 0 Å². The third-order valence-corrected chi connectivity index (χ3v) is 4.94. The van der Waals surface area contributed by atoms with E-state index in [2.05, 4.69) is 19.9 Å². The number of hydrogen-bond donors (Lipinski definition) is 2. The molecule has 5 rings (SSSR count). The van der Waals surface area contributed by atoms with Crippen LogP contribution >= 0.6 is 0 Å². The van der Waals surface area contributed by atoms with Gasteiger partial charge in [-0.05, 0) is 30.3 Å². The van der Waals surface area contributed by atoms with Crippen LogP contribution in [0.5, 0.6) is 5.75 Å². The molecule has 0 spiro atoms. The van der Waals surface area contributed by atoms with Gasteiger partial charge >= 0.3 is 0 Å². The highest BCUT2D eigenvalue weighted by Crippen LogP contribution is 2.36. The number of hydrogen-bond acceptors (Lipinski definition) is 6. The Bertz CT molecular complexity index is 1340. The van der Waals surface area contributed by atoms with Crippen LogP contribution in [0.25, 0.3) is 44.8 Å². The Kier molecular flexibility index (Phi) is 4.33. The first-order valence-electron chi connectivity index (χ1n) is 9.39. The number of aromatic amines is 1. The van der Waals surface area contributed by atoms with Crippen LogP contribution in [0.4, 0.5) is 5.82 Å². The molecule has 0 atom stereocenters. The Hall–Kier alpha value is -4.26. The normalized spacial score (nSPS) is 11.0. The van der Waals surface area contributed by atoms with Crippen LogP contribution in [0.3, 0.4) is 0 Å². The van der Waals surface area contributed by atoms with E-state index < -0.39 is 0 Å². The molecule has 0 saturated carbocycles. The van der Waals surface area contributed by atoms with E-state index in [0.29, 0.717) is 11.6 Å². The van der Waals surface area contributed by atoms with Gasteiger partial charge in [0, 0.05) is 46.9 Å². The van der Waals surface area contributed by atoms with Gasteiger partial charge in [0.05, 0.1) is 24.0 Å². The molecular formula is C23H18N6O. The van der Waals surface area contributed by atoms with Crippen molar-refractivity contribution >= 4 is 16.7 Å². The lowest BCUT2D eigenvalue weighted by atomic mass is 10.1. The molecule has 3 N–H and O–H groups in total. The van der Waals surface area contributed by atoms with Crippen molar-refractivity contribution in [3.05, 3.63) is 73.3 Å². The van der Waals surface area contributed by atoms with Gasteiger partial charge < -0.3 is 15.5 Å².